The number of hydrogen-bond acceptors (Lipinski definition) is 1. The summed E-state index contributed by atoms with van der Waals surface area (Å²) in [5, 5.41) is 0. The Balaban J connectivity index is 2.73. The number of nitrogens with zero attached hydrogens (tertiary/aromatic N) is 1. The second kappa shape index (κ2) is 7.31. The number of carbonyl (C=O) groups excluding carboxylic acids is 1. The zero-order valence-corrected chi connectivity index (χ0v) is 11.0. The minimum absolute atomic E-state index is 0.174. The van der Waals surface area contributed by atoms with E-state index < -0.39 is 11.6 Å². The summed E-state index contributed by atoms with van der Waals surface area (Å²) in [6, 6.07) is 3.59. The SMILES string of the molecule is CCN(CCCCl)C(=O)Cc1c(F)cccc1F. The Morgan fingerprint density at radius 2 is 1.94 bits per heavy atom. The van der Waals surface area contributed by atoms with Gasteiger partial charge in [0, 0.05) is 24.5 Å². The van der Waals surface area contributed by atoms with Crippen molar-refractivity contribution in [1.82, 2.24) is 4.90 Å². The summed E-state index contributed by atoms with van der Waals surface area (Å²) < 4.78 is 26.8. The summed E-state index contributed by atoms with van der Waals surface area (Å²) in [5.41, 5.74) is -0.174. The Labute approximate surface area is 111 Å². The maximum atomic E-state index is 13.4. The van der Waals surface area contributed by atoms with Gasteiger partial charge in [-0.05, 0) is 25.5 Å². The van der Waals surface area contributed by atoms with E-state index in [2.05, 4.69) is 0 Å². The van der Waals surface area contributed by atoms with Crippen LogP contribution < -0.4 is 0 Å². The number of rotatable bonds is 6. The highest BCUT2D eigenvalue weighted by Gasteiger charge is 2.17. The Hall–Kier alpha value is -1.16. The number of hydrogen-bond donors (Lipinski definition) is 0. The average molecular weight is 276 g/mol. The van der Waals surface area contributed by atoms with E-state index in [4.69, 9.17) is 11.6 Å². The monoisotopic (exact) mass is 275 g/mol. The number of halogens is 3. The molecule has 0 aliphatic heterocycles. The number of amides is 1. The maximum Gasteiger partial charge on any atom is 0.227 e. The van der Waals surface area contributed by atoms with Gasteiger partial charge in [-0.25, -0.2) is 8.78 Å². The predicted octanol–water partition coefficient (Wildman–Crippen LogP) is 2.98. The van der Waals surface area contributed by atoms with Crippen LogP contribution >= 0.6 is 11.6 Å². The van der Waals surface area contributed by atoms with Gasteiger partial charge in [-0.3, -0.25) is 4.79 Å². The van der Waals surface area contributed by atoms with Crippen LogP contribution in [0.4, 0.5) is 8.78 Å². The summed E-state index contributed by atoms with van der Waals surface area (Å²) in [4.78, 5) is 13.5. The van der Waals surface area contributed by atoms with Crippen LogP contribution in [0.5, 0.6) is 0 Å². The molecule has 0 bridgehead atoms. The molecule has 0 saturated heterocycles. The van der Waals surface area contributed by atoms with Crippen LogP contribution in [0, 0.1) is 11.6 Å². The van der Waals surface area contributed by atoms with Gasteiger partial charge in [0.2, 0.25) is 5.91 Å². The van der Waals surface area contributed by atoms with Crippen LogP contribution in [0.2, 0.25) is 0 Å². The van der Waals surface area contributed by atoms with Crippen LogP contribution in [0.1, 0.15) is 18.9 Å². The Morgan fingerprint density at radius 3 is 2.44 bits per heavy atom. The molecular formula is C13H16ClF2NO. The quantitative estimate of drug-likeness (QED) is 0.731. The lowest BCUT2D eigenvalue weighted by Crippen LogP contribution is -2.33. The van der Waals surface area contributed by atoms with E-state index in [1.54, 1.807) is 4.90 Å². The molecule has 18 heavy (non-hydrogen) atoms. The van der Waals surface area contributed by atoms with Crippen molar-refractivity contribution in [3.8, 4) is 0 Å². The summed E-state index contributed by atoms with van der Waals surface area (Å²) in [6.45, 7) is 2.84. The van der Waals surface area contributed by atoms with E-state index in [1.807, 2.05) is 6.92 Å². The van der Waals surface area contributed by atoms with E-state index in [1.165, 1.54) is 6.07 Å². The highest BCUT2D eigenvalue weighted by atomic mass is 35.5. The van der Waals surface area contributed by atoms with E-state index in [0.29, 0.717) is 25.4 Å². The minimum Gasteiger partial charge on any atom is -0.343 e. The van der Waals surface area contributed by atoms with Crippen molar-refractivity contribution in [3.05, 3.63) is 35.4 Å². The third-order valence-corrected chi connectivity index (χ3v) is 2.95. The molecule has 0 aromatic heterocycles. The molecule has 5 heteroatoms. The molecule has 2 nitrogen and oxygen atoms in total. The molecule has 0 aliphatic rings. The molecule has 0 spiro atoms. The van der Waals surface area contributed by atoms with E-state index in [9.17, 15) is 13.6 Å². The van der Waals surface area contributed by atoms with E-state index in [0.717, 1.165) is 12.1 Å². The molecule has 0 atom stereocenters. The molecule has 0 radical (unpaired) electrons. The molecule has 0 unspecified atom stereocenters. The standard InChI is InChI=1S/C13H16ClF2NO/c1-2-17(8-4-7-14)13(18)9-10-11(15)5-3-6-12(10)16/h3,5-6H,2,4,7-9H2,1H3. The molecule has 1 aromatic rings. The molecule has 0 heterocycles. The third kappa shape index (κ3) is 3.95. The lowest BCUT2D eigenvalue weighted by Gasteiger charge is -2.20. The first-order valence-electron chi connectivity index (χ1n) is 5.86. The van der Waals surface area contributed by atoms with Crippen LogP contribution in [0.3, 0.4) is 0 Å². The molecule has 0 N–H and O–H groups in total. The third-order valence-electron chi connectivity index (χ3n) is 2.69. The van der Waals surface area contributed by atoms with Crippen molar-refractivity contribution < 1.29 is 13.6 Å². The highest BCUT2D eigenvalue weighted by Crippen LogP contribution is 2.14. The van der Waals surface area contributed by atoms with Crippen molar-refractivity contribution >= 4 is 17.5 Å². The normalized spacial score (nSPS) is 10.4. The number of benzene rings is 1. The Bertz CT molecular complexity index is 392. The fourth-order valence-electron chi connectivity index (χ4n) is 1.67. The summed E-state index contributed by atoms with van der Waals surface area (Å²) in [6.07, 6.45) is 0.412. The summed E-state index contributed by atoms with van der Waals surface area (Å²) in [7, 11) is 0. The van der Waals surface area contributed by atoms with Crippen molar-refractivity contribution in [2.45, 2.75) is 19.8 Å². The number of alkyl halides is 1. The molecule has 1 rings (SSSR count). The van der Waals surface area contributed by atoms with Gasteiger partial charge in [-0.2, -0.15) is 0 Å². The second-order valence-electron chi connectivity index (χ2n) is 3.89. The first-order valence-corrected chi connectivity index (χ1v) is 6.40. The molecule has 0 aliphatic carbocycles. The Morgan fingerprint density at radius 1 is 1.33 bits per heavy atom. The minimum atomic E-state index is -0.684. The molecule has 0 saturated carbocycles. The fourth-order valence-corrected chi connectivity index (χ4v) is 1.79. The van der Waals surface area contributed by atoms with Crippen molar-refractivity contribution in [1.29, 1.82) is 0 Å². The second-order valence-corrected chi connectivity index (χ2v) is 4.27. The van der Waals surface area contributed by atoms with Gasteiger partial charge in [-0.15, -0.1) is 11.6 Å². The summed E-state index contributed by atoms with van der Waals surface area (Å²) in [5.74, 6) is -1.20. The van der Waals surface area contributed by atoms with Crippen molar-refractivity contribution in [2.24, 2.45) is 0 Å². The van der Waals surface area contributed by atoms with Crippen LogP contribution in [0.25, 0.3) is 0 Å². The largest absolute Gasteiger partial charge is 0.343 e. The van der Waals surface area contributed by atoms with Crippen LogP contribution in [-0.2, 0) is 11.2 Å². The van der Waals surface area contributed by atoms with Crippen LogP contribution in [0.15, 0.2) is 18.2 Å². The lowest BCUT2D eigenvalue weighted by atomic mass is 10.1. The molecule has 1 aromatic carbocycles. The Kier molecular flexibility index (Phi) is 6.05. The number of carbonyl (C=O) groups is 1. The first-order chi connectivity index (χ1) is 8.60. The predicted molar refractivity (Wildman–Crippen MR) is 67.7 cm³/mol. The molecular weight excluding hydrogens is 260 g/mol. The van der Waals surface area contributed by atoms with Crippen LogP contribution in [-0.4, -0.2) is 29.8 Å². The van der Waals surface area contributed by atoms with Gasteiger partial charge < -0.3 is 4.90 Å². The zero-order valence-electron chi connectivity index (χ0n) is 10.3. The topological polar surface area (TPSA) is 20.3 Å². The van der Waals surface area contributed by atoms with Crippen molar-refractivity contribution in [2.75, 3.05) is 19.0 Å². The van der Waals surface area contributed by atoms with Gasteiger partial charge in [0.05, 0.1) is 6.42 Å². The molecule has 100 valence electrons. The first kappa shape index (κ1) is 14.9. The van der Waals surface area contributed by atoms with E-state index >= 15 is 0 Å². The molecule has 0 fully saturated rings. The molecule has 1 amide bonds. The maximum absolute atomic E-state index is 13.4. The van der Waals surface area contributed by atoms with Gasteiger partial charge >= 0.3 is 0 Å². The zero-order chi connectivity index (χ0) is 13.5. The summed E-state index contributed by atoms with van der Waals surface area (Å²) >= 11 is 5.56. The number of likely N-dealkylation sites (N-methyl/N-ethyl adjacent to an activating group) is 1. The average Bonchev–Trinajstić information content (AvgIpc) is 2.35. The lowest BCUT2D eigenvalue weighted by molar-refractivity contribution is -0.130. The van der Waals surface area contributed by atoms with Gasteiger partial charge in [-0.1, -0.05) is 6.07 Å². The smallest absolute Gasteiger partial charge is 0.227 e. The van der Waals surface area contributed by atoms with Gasteiger partial charge in [0.25, 0.3) is 0 Å². The van der Waals surface area contributed by atoms with Gasteiger partial charge in [0.1, 0.15) is 11.6 Å². The van der Waals surface area contributed by atoms with E-state index in [-0.39, 0.29) is 17.9 Å². The fraction of sp³-hybridized carbons (Fsp3) is 0.462. The van der Waals surface area contributed by atoms with Gasteiger partial charge in [0.15, 0.2) is 0 Å². The highest BCUT2D eigenvalue weighted by molar-refractivity contribution is 6.17. The van der Waals surface area contributed by atoms with Crippen molar-refractivity contribution in [3.63, 3.8) is 0 Å².